The summed E-state index contributed by atoms with van der Waals surface area (Å²) >= 11 is 0. The number of aryl methyl sites for hydroxylation is 2. The van der Waals surface area contributed by atoms with Gasteiger partial charge in [-0.2, -0.15) is 0 Å². The van der Waals surface area contributed by atoms with E-state index in [-0.39, 0.29) is 0 Å². The van der Waals surface area contributed by atoms with Crippen molar-refractivity contribution in [2.24, 2.45) is 0 Å². The van der Waals surface area contributed by atoms with Crippen molar-refractivity contribution < 1.29 is 8.83 Å². The molecule has 0 spiro atoms. The van der Waals surface area contributed by atoms with E-state index in [0.29, 0.717) is 0 Å². The van der Waals surface area contributed by atoms with Gasteiger partial charge in [0.2, 0.25) is 0 Å². The van der Waals surface area contributed by atoms with Crippen LogP contribution in [0.1, 0.15) is 102 Å². The molecule has 0 fully saturated rings. The van der Waals surface area contributed by atoms with Crippen LogP contribution in [0.3, 0.4) is 0 Å². The molecule has 0 atom stereocenters. The third-order valence-electron chi connectivity index (χ3n) is 28.3. The van der Waals surface area contributed by atoms with Crippen LogP contribution in [-0.2, 0) is 12.8 Å². The number of para-hydroxylation sites is 8. The summed E-state index contributed by atoms with van der Waals surface area (Å²) in [6, 6.07) is 161. The van der Waals surface area contributed by atoms with Gasteiger partial charge in [0, 0.05) is 99.7 Å². The van der Waals surface area contributed by atoms with E-state index in [1.165, 1.54) is 176 Å². The molecule has 0 aliphatic carbocycles. The number of rotatable bonds is 30. The Morgan fingerprint density at radius 3 is 0.772 bits per heavy atom. The summed E-state index contributed by atoms with van der Waals surface area (Å²) in [7, 11) is 0. The lowest BCUT2D eigenvalue weighted by molar-refractivity contribution is 0.608. The molecule has 23 rings (SSSR count). The quantitative estimate of drug-likeness (QED) is 0.0421. The third kappa shape index (κ3) is 16.4. The second-order valence-electron chi connectivity index (χ2n) is 36.7. The zero-order chi connectivity index (χ0) is 90.8. The Bertz CT molecular complexity index is 8130. The highest BCUT2D eigenvalue weighted by Crippen LogP contribution is 2.47. The van der Waals surface area contributed by atoms with E-state index in [2.05, 4.69) is 457 Å². The lowest BCUT2D eigenvalue weighted by atomic mass is 9.88. The van der Waals surface area contributed by atoms with Crippen molar-refractivity contribution >= 4 is 122 Å². The number of unbranched alkanes of at least 4 members (excludes halogenated alkanes) is 10. The average molecular weight is 1760 g/mol. The lowest BCUT2D eigenvalue weighted by Crippen LogP contribution is -2.10. The summed E-state index contributed by atoms with van der Waals surface area (Å²) in [6.45, 7) is 4.61. The van der Waals surface area contributed by atoms with E-state index in [1.807, 2.05) is 12.1 Å². The Labute approximate surface area is 795 Å². The van der Waals surface area contributed by atoms with E-state index in [4.69, 9.17) is 8.83 Å². The molecule has 6 nitrogen and oxygen atoms in total. The number of aromatic nitrogens is 2. The summed E-state index contributed by atoms with van der Waals surface area (Å²) in [5, 5.41) is 9.51. The van der Waals surface area contributed by atoms with Gasteiger partial charge in [0.15, 0.2) is 0 Å². The van der Waals surface area contributed by atoms with Crippen molar-refractivity contribution in [1.29, 1.82) is 0 Å². The highest BCUT2D eigenvalue weighted by atomic mass is 16.3. The SMILES string of the molecule is CCCCCCCCc1ccc(-c2ccc(CCCCCCCC)c(-c3ccc(-c4ccc(N(c5ccc(-c6cccc7c6oc6ccccc67)cc5)c5ccc(-n6c7ccccc7c7ccccc76)cc5)cc4)cc3)c2)cc1-c1ccc(-c2ccc(N(c3ccc(-c4ccc(-n5c6ccccc6c6ccccc65)cc4)cc3)c3ccc(-c4cccc5c4oc4ccccc45)cc3)cc2)cc1. The van der Waals surface area contributed by atoms with Gasteiger partial charge in [0.05, 0.1) is 22.1 Å². The van der Waals surface area contributed by atoms with Crippen LogP contribution in [0.4, 0.5) is 34.1 Å². The Balaban J connectivity index is 0.541. The monoisotopic (exact) mass is 1750 g/mol. The van der Waals surface area contributed by atoms with Crippen LogP contribution < -0.4 is 9.80 Å². The molecule has 0 unspecified atom stereocenters. The Morgan fingerprint density at radius 2 is 0.434 bits per heavy atom. The number of anilines is 6. The maximum atomic E-state index is 6.58. The first kappa shape index (κ1) is 84.3. The maximum absolute atomic E-state index is 6.58. The molecule has 23 aromatic rings. The van der Waals surface area contributed by atoms with E-state index < -0.39 is 0 Å². The van der Waals surface area contributed by atoms with Crippen LogP contribution >= 0.6 is 0 Å². The van der Waals surface area contributed by atoms with Crippen molar-refractivity contribution in [3.8, 4) is 100 Å². The minimum Gasteiger partial charge on any atom is -0.455 e. The molecule has 19 aromatic carbocycles. The first-order valence-corrected chi connectivity index (χ1v) is 48.9. The van der Waals surface area contributed by atoms with Crippen molar-refractivity contribution in [3.05, 3.63) is 448 Å². The zero-order valence-corrected chi connectivity index (χ0v) is 77.1. The van der Waals surface area contributed by atoms with Crippen LogP contribution in [0.15, 0.2) is 446 Å². The van der Waals surface area contributed by atoms with Gasteiger partial charge in [-0.15, -0.1) is 0 Å². The van der Waals surface area contributed by atoms with Gasteiger partial charge in [-0.1, -0.05) is 369 Å². The Kier molecular flexibility index (Phi) is 23.3. The molecule has 136 heavy (non-hydrogen) atoms. The van der Waals surface area contributed by atoms with Crippen LogP contribution in [0.25, 0.3) is 188 Å². The summed E-state index contributed by atoms with van der Waals surface area (Å²) < 4.78 is 17.9. The number of hydrogen-bond acceptors (Lipinski definition) is 4. The van der Waals surface area contributed by atoms with Crippen molar-refractivity contribution in [2.45, 2.75) is 104 Å². The highest BCUT2D eigenvalue weighted by Gasteiger charge is 2.23. The second kappa shape index (κ2) is 37.6. The molecule has 0 saturated carbocycles. The molecule has 6 heteroatoms. The van der Waals surface area contributed by atoms with Gasteiger partial charge >= 0.3 is 0 Å². The van der Waals surface area contributed by atoms with E-state index >= 15 is 0 Å². The molecule has 0 bridgehead atoms. The number of fused-ring (bicyclic) bond motifs is 12. The molecule has 0 saturated heterocycles. The summed E-state index contributed by atoms with van der Waals surface area (Å²) in [4.78, 5) is 4.76. The van der Waals surface area contributed by atoms with Gasteiger partial charge in [-0.3, -0.25) is 0 Å². The first-order valence-electron chi connectivity index (χ1n) is 48.9. The van der Waals surface area contributed by atoms with Gasteiger partial charge in [-0.25, -0.2) is 0 Å². The van der Waals surface area contributed by atoms with E-state index in [0.717, 1.165) is 147 Å². The summed E-state index contributed by atoms with van der Waals surface area (Å²) in [5.74, 6) is 0. The molecule has 0 aliphatic rings. The van der Waals surface area contributed by atoms with Crippen molar-refractivity contribution in [3.63, 3.8) is 0 Å². The number of hydrogen-bond donors (Lipinski definition) is 0. The van der Waals surface area contributed by atoms with Gasteiger partial charge < -0.3 is 27.8 Å². The molecule has 0 aliphatic heterocycles. The predicted molar refractivity (Wildman–Crippen MR) is 577 cm³/mol. The van der Waals surface area contributed by atoms with Gasteiger partial charge in [0.1, 0.15) is 22.3 Å². The normalized spacial score (nSPS) is 11.7. The number of benzene rings is 19. The standard InChI is InChI=1S/C130H106N4O2/c1-3-5-7-9-11-13-29-95-55-57-101(87-121(95)99-51-47-89(48-52-99)91-59-71-103(72-60-91)131(106-79-67-97(68-80-106)111-37-27-39-119-117-35-19-25-45-127(117)135-129(111)119)104-75-63-93(64-76-104)94-65-77-109(78-66-94)133-123-41-21-15-31-113(123)114-32-16-22-42-124(114)133)102-58-56-96(30-14-12-10-8-6-4-2)122(88-102)100-53-49-90(50-54-100)92-61-73-105(74-62-92)132(107-81-69-98(70-82-107)112-38-28-40-120-118-36-20-26-46-128(118)136-130(112)120)108-83-85-110(86-84-108)134-125-43-23-17-33-115(125)116-34-18-24-44-126(116)134/h15-28,31-88H,3-14,29-30H2,1-2H3. The summed E-state index contributed by atoms with van der Waals surface area (Å²) in [5.41, 5.74) is 38.7. The van der Waals surface area contributed by atoms with Crippen LogP contribution in [0, 0.1) is 0 Å². The Hall–Kier alpha value is -16.0. The van der Waals surface area contributed by atoms with E-state index in [1.54, 1.807) is 0 Å². The predicted octanol–water partition coefficient (Wildman–Crippen LogP) is 37.8. The molecule has 658 valence electrons. The van der Waals surface area contributed by atoms with Crippen molar-refractivity contribution in [2.75, 3.05) is 9.80 Å². The second-order valence-corrected chi connectivity index (χ2v) is 36.7. The fourth-order valence-corrected chi connectivity index (χ4v) is 21.1. The van der Waals surface area contributed by atoms with Crippen molar-refractivity contribution in [1.82, 2.24) is 9.13 Å². The minimum atomic E-state index is 0.896. The fourth-order valence-electron chi connectivity index (χ4n) is 21.1. The summed E-state index contributed by atoms with van der Waals surface area (Å²) in [6.07, 6.45) is 17.1. The van der Waals surface area contributed by atoms with Crippen LogP contribution in [0.2, 0.25) is 0 Å². The molecule has 4 aromatic heterocycles. The molecular weight excluding hydrogens is 1650 g/mol. The average Bonchev–Trinajstić information content (AvgIpc) is 1.59. The third-order valence-corrected chi connectivity index (χ3v) is 28.3. The molecule has 0 N–H and O–H groups in total. The van der Waals surface area contributed by atoms with Crippen LogP contribution in [-0.4, -0.2) is 9.13 Å². The number of nitrogens with zero attached hydrogens (tertiary/aromatic N) is 4. The molecule has 0 radical (unpaired) electrons. The van der Waals surface area contributed by atoms with Crippen LogP contribution in [0.5, 0.6) is 0 Å². The lowest BCUT2D eigenvalue weighted by Gasteiger charge is -2.26. The molecular formula is C130H106N4O2. The number of furan rings is 2. The smallest absolute Gasteiger partial charge is 0.143 e. The Morgan fingerprint density at radius 1 is 0.191 bits per heavy atom. The first-order chi connectivity index (χ1) is 67.4. The highest BCUT2D eigenvalue weighted by molar-refractivity contribution is 6.13. The largest absolute Gasteiger partial charge is 0.455 e. The topological polar surface area (TPSA) is 42.6 Å². The minimum absolute atomic E-state index is 0.896. The zero-order valence-electron chi connectivity index (χ0n) is 77.1. The molecule has 0 amide bonds. The fraction of sp³-hybridized carbons (Fsp3) is 0.123. The molecule has 4 heterocycles. The van der Waals surface area contributed by atoms with Gasteiger partial charge in [-0.05, 0) is 260 Å². The van der Waals surface area contributed by atoms with E-state index in [9.17, 15) is 0 Å². The maximum Gasteiger partial charge on any atom is 0.143 e. The van der Waals surface area contributed by atoms with Gasteiger partial charge in [0.25, 0.3) is 0 Å².